The van der Waals surface area contributed by atoms with E-state index in [2.05, 4.69) is 30.9 Å². The molecule has 0 aliphatic rings. The third kappa shape index (κ3) is 2.63. The molecule has 0 amide bonds. The highest BCUT2D eigenvalue weighted by atomic mass is 79.9. The second-order valence-electron chi connectivity index (χ2n) is 3.76. The molecule has 0 spiro atoms. The molecule has 100 valence electrons. The summed E-state index contributed by atoms with van der Waals surface area (Å²) in [6.07, 6.45) is 3.09. The lowest BCUT2D eigenvalue weighted by atomic mass is 10.2. The second kappa shape index (κ2) is 5.56. The van der Waals surface area contributed by atoms with Crippen molar-refractivity contribution >= 4 is 38.6 Å². The third-order valence-electron chi connectivity index (χ3n) is 2.46. The molecule has 3 rings (SSSR count). The van der Waals surface area contributed by atoms with Crippen molar-refractivity contribution < 1.29 is 9.52 Å². The predicted molar refractivity (Wildman–Crippen MR) is 80.7 cm³/mol. The van der Waals surface area contributed by atoms with Crippen LogP contribution < -0.4 is 0 Å². The number of aliphatic imine (C=N–C) groups is 1. The maximum absolute atomic E-state index is 9.76. The summed E-state index contributed by atoms with van der Waals surface area (Å²) in [7, 11) is 0. The van der Waals surface area contributed by atoms with E-state index in [1.54, 1.807) is 6.20 Å². The molecule has 0 aliphatic carbocycles. The first-order valence-electron chi connectivity index (χ1n) is 5.62. The summed E-state index contributed by atoms with van der Waals surface area (Å²) >= 11 is 4.81. The van der Waals surface area contributed by atoms with Crippen LogP contribution >= 0.6 is 27.3 Å². The monoisotopic (exact) mass is 349 g/mol. The Balaban J connectivity index is 1.94. The minimum atomic E-state index is -0.268. The van der Waals surface area contributed by atoms with E-state index in [1.165, 1.54) is 17.6 Å². The highest BCUT2D eigenvalue weighted by molar-refractivity contribution is 9.10. The standard InChI is InChI=1S/C13H8BrN3O2S/c14-9-4-2-1-3-8(9)11-17-10(12(18)19-11)7-16-13-15-5-6-20-13/h1-7,18H/b16-7+. The molecule has 7 heteroatoms. The Morgan fingerprint density at radius 2 is 2.20 bits per heavy atom. The van der Waals surface area contributed by atoms with Crippen LogP contribution in [0.25, 0.3) is 11.5 Å². The molecule has 0 aliphatic heterocycles. The van der Waals surface area contributed by atoms with Crippen LogP contribution in [0.3, 0.4) is 0 Å². The topological polar surface area (TPSA) is 71.5 Å². The van der Waals surface area contributed by atoms with Crippen molar-refractivity contribution in [1.29, 1.82) is 0 Å². The van der Waals surface area contributed by atoms with Crippen LogP contribution in [0, 0.1) is 0 Å². The van der Waals surface area contributed by atoms with Gasteiger partial charge in [-0.3, -0.25) is 0 Å². The maximum Gasteiger partial charge on any atom is 0.312 e. The summed E-state index contributed by atoms with van der Waals surface area (Å²) in [6, 6.07) is 7.48. The molecular weight excluding hydrogens is 342 g/mol. The number of hydrogen-bond donors (Lipinski definition) is 1. The van der Waals surface area contributed by atoms with Gasteiger partial charge in [0.05, 0.1) is 11.8 Å². The average molecular weight is 350 g/mol. The predicted octanol–water partition coefficient (Wildman–Crippen LogP) is 4.02. The van der Waals surface area contributed by atoms with Crippen LogP contribution in [0.2, 0.25) is 0 Å². The molecule has 2 aromatic heterocycles. The second-order valence-corrected chi connectivity index (χ2v) is 5.49. The van der Waals surface area contributed by atoms with E-state index in [1.807, 2.05) is 29.6 Å². The molecule has 5 nitrogen and oxygen atoms in total. The summed E-state index contributed by atoms with van der Waals surface area (Å²) in [5, 5.41) is 12.2. The Morgan fingerprint density at radius 1 is 1.35 bits per heavy atom. The number of oxazole rings is 1. The van der Waals surface area contributed by atoms with Crippen LogP contribution in [0.4, 0.5) is 5.13 Å². The number of hydrogen-bond acceptors (Lipinski definition) is 6. The van der Waals surface area contributed by atoms with Gasteiger partial charge < -0.3 is 9.52 Å². The lowest BCUT2D eigenvalue weighted by Gasteiger charge is -1.96. The van der Waals surface area contributed by atoms with Crippen LogP contribution in [0.15, 0.2) is 49.7 Å². The molecule has 3 aromatic rings. The number of aromatic nitrogens is 2. The first-order valence-corrected chi connectivity index (χ1v) is 7.29. The van der Waals surface area contributed by atoms with Gasteiger partial charge in [0.2, 0.25) is 11.0 Å². The van der Waals surface area contributed by atoms with Crippen molar-refractivity contribution in [3.8, 4) is 17.4 Å². The van der Waals surface area contributed by atoms with Crippen LogP contribution in [0.5, 0.6) is 5.95 Å². The molecule has 0 atom stereocenters. The zero-order valence-electron chi connectivity index (χ0n) is 10.0. The number of aromatic hydroxyl groups is 1. The van der Waals surface area contributed by atoms with Gasteiger partial charge >= 0.3 is 5.95 Å². The maximum atomic E-state index is 9.76. The fraction of sp³-hybridized carbons (Fsp3) is 0. The van der Waals surface area contributed by atoms with Gasteiger partial charge in [0.25, 0.3) is 0 Å². The number of benzene rings is 1. The lowest BCUT2D eigenvalue weighted by molar-refractivity contribution is 0.337. The van der Waals surface area contributed by atoms with Gasteiger partial charge in [0.15, 0.2) is 5.69 Å². The molecule has 1 N–H and O–H groups in total. The highest BCUT2D eigenvalue weighted by Gasteiger charge is 2.14. The molecule has 20 heavy (non-hydrogen) atoms. The minimum Gasteiger partial charge on any atom is -0.479 e. The molecule has 2 heterocycles. The van der Waals surface area contributed by atoms with E-state index in [0.29, 0.717) is 11.0 Å². The largest absolute Gasteiger partial charge is 0.479 e. The first kappa shape index (κ1) is 13.0. The molecule has 0 fully saturated rings. The summed E-state index contributed by atoms with van der Waals surface area (Å²) in [4.78, 5) is 12.3. The van der Waals surface area contributed by atoms with Crippen molar-refractivity contribution in [3.05, 3.63) is 46.0 Å². The lowest BCUT2D eigenvalue weighted by Crippen LogP contribution is -1.83. The normalized spacial score (nSPS) is 11.2. The first-order chi connectivity index (χ1) is 9.74. The molecule has 1 aromatic carbocycles. The molecule has 0 saturated heterocycles. The van der Waals surface area contributed by atoms with Crippen molar-refractivity contribution in [2.45, 2.75) is 0 Å². The van der Waals surface area contributed by atoms with Gasteiger partial charge in [-0.25, -0.2) is 15.0 Å². The Morgan fingerprint density at radius 3 is 2.95 bits per heavy atom. The zero-order valence-corrected chi connectivity index (χ0v) is 12.4. The van der Waals surface area contributed by atoms with Crippen LogP contribution in [-0.2, 0) is 0 Å². The third-order valence-corrected chi connectivity index (χ3v) is 3.83. The van der Waals surface area contributed by atoms with Crippen molar-refractivity contribution in [3.63, 3.8) is 0 Å². The number of halogens is 1. The average Bonchev–Trinajstić information content (AvgIpc) is 3.07. The van der Waals surface area contributed by atoms with E-state index in [4.69, 9.17) is 4.42 Å². The van der Waals surface area contributed by atoms with E-state index >= 15 is 0 Å². The van der Waals surface area contributed by atoms with Crippen molar-refractivity contribution in [2.24, 2.45) is 4.99 Å². The summed E-state index contributed by atoms with van der Waals surface area (Å²) in [5.74, 6) is 0.0617. The number of thiazole rings is 1. The van der Waals surface area contributed by atoms with E-state index in [9.17, 15) is 5.11 Å². The number of nitrogens with zero attached hydrogens (tertiary/aromatic N) is 3. The van der Waals surface area contributed by atoms with Gasteiger partial charge in [0, 0.05) is 16.0 Å². The smallest absolute Gasteiger partial charge is 0.312 e. The quantitative estimate of drug-likeness (QED) is 0.725. The molecule has 0 bridgehead atoms. The molecule has 0 saturated carbocycles. The molecule has 0 radical (unpaired) electrons. The Bertz CT molecular complexity index is 753. The Kier molecular flexibility index (Phi) is 3.62. The van der Waals surface area contributed by atoms with Crippen LogP contribution in [0.1, 0.15) is 5.69 Å². The number of rotatable bonds is 3. The zero-order chi connectivity index (χ0) is 13.9. The van der Waals surface area contributed by atoms with Gasteiger partial charge in [0.1, 0.15) is 0 Å². The fourth-order valence-electron chi connectivity index (χ4n) is 1.55. The Labute approximate surface area is 126 Å². The van der Waals surface area contributed by atoms with E-state index in [-0.39, 0.29) is 11.6 Å². The summed E-state index contributed by atoms with van der Waals surface area (Å²) in [5.41, 5.74) is 1.03. The van der Waals surface area contributed by atoms with E-state index in [0.717, 1.165) is 10.0 Å². The van der Waals surface area contributed by atoms with Gasteiger partial charge in [-0.05, 0) is 28.1 Å². The van der Waals surface area contributed by atoms with Crippen LogP contribution in [-0.4, -0.2) is 21.3 Å². The van der Waals surface area contributed by atoms with Gasteiger partial charge in [-0.2, -0.15) is 0 Å². The molecular formula is C13H8BrN3O2S. The van der Waals surface area contributed by atoms with Gasteiger partial charge in [-0.15, -0.1) is 11.3 Å². The fourth-order valence-corrected chi connectivity index (χ4v) is 2.49. The van der Waals surface area contributed by atoms with Crippen molar-refractivity contribution in [1.82, 2.24) is 9.97 Å². The van der Waals surface area contributed by atoms with E-state index < -0.39 is 0 Å². The summed E-state index contributed by atoms with van der Waals surface area (Å²) in [6.45, 7) is 0. The SMILES string of the molecule is Oc1oc(-c2ccccc2Br)nc1/C=N/c1nccs1. The molecule has 0 unspecified atom stereocenters. The van der Waals surface area contributed by atoms with Gasteiger partial charge in [-0.1, -0.05) is 12.1 Å². The highest BCUT2D eigenvalue weighted by Crippen LogP contribution is 2.31. The van der Waals surface area contributed by atoms with Crippen molar-refractivity contribution in [2.75, 3.05) is 0 Å². The summed E-state index contributed by atoms with van der Waals surface area (Å²) < 4.78 is 6.10. The minimum absolute atomic E-state index is 0.268. The Hall–Kier alpha value is -1.99.